The highest BCUT2D eigenvalue weighted by molar-refractivity contribution is 6.00. The Labute approximate surface area is 194 Å². The SMILES string of the molecule is COc1ccc(-c2coc3cc(OC)c(/C(C)=C/C(=O)NCCCN(C)C)cc23)cc1OC. The van der Waals surface area contributed by atoms with Gasteiger partial charge in [0.15, 0.2) is 11.5 Å². The van der Waals surface area contributed by atoms with Crippen LogP contribution in [0.5, 0.6) is 17.2 Å². The Hall–Kier alpha value is -3.45. The topological polar surface area (TPSA) is 73.2 Å². The first-order chi connectivity index (χ1) is 15.9. The first-order valence-corrected chi connectivity index (χ1v) is 10.8. The number of rotatable bonds is 10. The van der Waals surface area contributed by atoms with Crippen molar-refractivity contribution in [1.29, 1.82) is 0 Å². The van der Waals surface area contributed by atoms with Crippen molar-refractivity contribution in [1.82, 2.24) is 10.2 Å². The van der Waals surface area contributed by atoms with E-state index in [-0.39, 0.29) is 5.91 Å². The number of nitrogens with zero attached hydrogens (tertiary/aromatic N) is 1. The molecule has 0 aliphatic carbocycles. The van der Waals surface area contributed by atoms with E-state index in [0.717, 1.165) is 40.6 Å². The summed E-state index contributed by atoms with van der Waals surface area (Å²) in [6.07, 6.45) is 4.21. The fourth-order valence-electron chi connectivity index (χ4n) is 3.69. The van der Waals surface area contributed by atoms with Gasteiger partial charge in [0.05, 0.1) is 27.6 Å². The van der Waals surface area contributed by atoms with Crippen LogP contribution in [0.4, 0.5) is 0 Å². The van der Waals surface area contributed by atoms with Crippen LogP contribution in [0.3, 0.4) is 0 Å². The Balaban J connectivity index is 1.94. The Bertz CT molecular complexity index is 1150. The van der Waals surface area contributed by atoms with Gasteiger partial charge in [0, 0.05) is 35.2 Å². The normalized spacial score (nSPS) is 11.7. The summed E-state index contributed by atoms with van der Waals surface area (Å²) in [5.41, 5.74) is 4.18. The fraction of sp³-hybridized carbons (Fsp3) is 0.346. The molecule has 33 heavy (non-hydrogen) atoms. The minimum atomic E-state index is -0.124. The molecule has 0 atom stereocenters. The molecule has 0 spiro atoms. The minimum absolute atomic E-state index is 0.124. The molecule has 3 rings (SSSR count). The zero-order valence-electron chi connectivity index (χ0n) is 20.2. The van der Waals surface area contributed by atoms with Gasteiger partial charge in [0.2, 0.25) is 5.91 Å². The van der Waals surface area contributed by atoms with E-state index in [1.54, 1.807) is 33.7 Å². The zero-order valence-corrected chi connectivity index (χ0v) is 20.2. The molecule has 3 aromatic rings. The second-order valence-electron chi connectivity index (χ2n) is 8.04. The van der Waals surface area contributed by atoms with Crippen molar-refractivity contribution in [3.05, 3.63) is 48.2 Å². The summed E-state index contributed by atoms with van der Waals surface area (Å²) in [5.74, 6) is 1.82. The second kappa shape index (κ2) is 10.9. The third kappa shape index (κ3) is 5.68. The number of nitrogens with one attached hydrogen (secondary N) is 1. The molecule has 0 saturated carbocycles. The highest BCUT2D eigenvalue weighted by Gasteiger charge is 2.16. The van der Waals surface area contributed by atoms with E-state index in [2.05, 4.69) is 10.2 Å². The van der Waals surface area contributed by atoms with Crippen molar-refractivity contribution >= 4 is 22.4 Å². The van der Waals surface area contributed by atoms with Crippen LogP contribution in [0.2, 0.25) is 0 Å². The summed E-state index contributed by atoms with van der Waals surface area (Å²) in [4.78, 5) is 14.5. The van der Waals surface area contributed by atoms with Gasteiger partial charge in [-0.1, -0.05) is 6.07 Å². The maximum absolute atomic E-state index is 12.4. The van der Waals surface area contributed by atoms with Crippen LogP contribution in [0.15, 0.2) is 47.1 Å². The average Bonchev–Trinajstić information content (AvgIpc) is 3.23. The van der Waals surface area contributed by atoms with Crippen LogP contribution in [-0.2, 0) is 4.79 Å². The Morgan fingerprint density at radius 3 is 2.42 bits per heavy atom. The van der Waals surface area contributed by atoms with Gasteiger partial charge < -0.3 is 28.8 Å². The summed E-state index contributed by atoms with van der Waals surface area (Å²) >= 11 is 0. The largest absolute Gasteiger partial charge is 0.496 e. The van der Waals surface area contributed by atoms with E-state index in [0.29, 0.717) is 29.4 Å². The van der Waals surface area contributed by atoms with Gasteiger partial charge in [0.25, 0.3) is 0 Å². The first kappa shape index (κ1) is 24.2. The maximum Gasteiger partial charge on any atom is 0.244 e. The Morgan fingerprint density at radius 2 is 1.76 bits per heavy atom. The minimum Gasteiger partial charge on any atom is -0.496 e. The lowest BCUT2D eigenvalue weighted by Gasteiger charge is -2.12. The molecule has 0 aliphatic heterocycles. The number of hydrogen-bond acceptors (Lipinski definition) is 6. The highest BCUT2D eigenvalue weighted by atomic mass is 16.5. The monoisotopic (exact) mass is 452 g/mol. The highest BCUT2D eigenvalue weighted by Crippen LogP contribution is 2.39. The standard InChI is InChI=1S/C26H32N2O5/c1-17(12-26(29)27-10-7-11-28(2)3)19-14-20-21(16-33-24(20)15-23(19)31-5)18-8-9-22(30-4)25(13-18)32-6/h8-9,12-16H,7,10-11H2,1-6H3,(H,27,29)/b17-12+. The second-order valence-corrected chi connectivity index (χ2v) is 8.04. The quantitative estimate of drug-likeness (QED) is 0.358. The molecular formula is C26H32N2O5. The average molecular weight is 453 g/mol. The molecule has 7 nitrogen and oxygen atoms in total. The number of benzene rings is 2. The van der Waals surface area contributed by atoms with Gasteiger partial charge in [-0.15, -0.1) is 0 Å². The molecule has 0 bridgehead atoms. The van der Waals surface area contributed by atoms with Crippen LogP contribution in [0.25, 0.3) is 27.7 Å². The number of hydrogen-bond donors (Lipinski definition) is 1. The number of carbonyl (C=O) groups is 1. The third-order valence-corrected chi connectivity index (χ3v) is 5.44. The zero-order chi connectivity index (χ0) is 24.0. The van der Waals surface area contributed by atoms with Crippen molar-refractivity contribution in [2.75, 3.05) is 48.5 Å². The van der Waals surface area contributed by atoms with Crippen LogP contribution in [0, 0.1) is 0 Å². The third-order valence-electron chi connectivity index (χ3n) is 5.44. The van der Waals surface area contributed by atoms with Crippen molar-refractivity contribution in [2.45, 2.75) is 13.3 Å². The summed E-state index contributed by atoms with van der Waals surface area (Å²) in [7, 11) is 8.85. The number of methoxy groups -OCH3 is 3. The number of furan rings is 1. The molecular weight excluding hydrogens is 420 g/mol. The van der Waals surface area contributed by atoms with Gasteiger partial charge in [-0.25, -0.2) is 0 Å². The lowest BCUT2D eigenvalue weighted by atomic mass is 9.99. The van der Waals surface area contributed by atoms with Gasteiger partial charge in [-0.2, -0.15) is 0 Å². The number of carbonyl (C=O) groups excluding carboxylic acids is 1. The fourth-order valence-corrected chi connectivity index (χ4v) is 3.69. The van der Waals surface area contributed by atoms with Crippen LogP contribution in [0.1, 0.15) is 18.9 Å². The van der Waals surface area contributed by atoms with Crippen LogP contribution < -0.4 is 19.5 Å². The van der Waals surface area contributed by atoms with E-state index in [1.165, 1.54) is 0 Å². The molecule has 1 N–H and O–H groups in total. The molecule has 0 aliphatic rings. The summed E-state index contributed by atoms with van der Waals surface area (Å²) in [6, 6.07) is 9.58. The maximum atomic E-state index is 12.4. The summed E-state index contributed by atoms with van der Waals surface area (Å²) < 4.78 is 22.2. The lowest BCUT2D eigenvalue weighted by molar-refractivity contribution is -0.116. The predicted molar refractivity (Wildman–Crippen MR) is 131 cm³/mol. The smallest absolute Gasteiger partial charge is 0.244 e. The van der Waals surface area contributed by atoms with Crippen LogP contribution >= 0.6 is 0 Å². The van der Waals surface area contributed by atoms with E-state index in [4.69, 9.17) is 18.6 Å². The summed E-state index contributed by atoms with van der Waals surface area (Å²) in [5, 5.41) is 3.86. The Kier molecular flexibility index (Phi) is 8.01. The molecule has 0 saturated heterocycles. The van der Waals surface area contributed by atoms with Crippen molar-refractivity contribution in [3.63, 3.8) is 0 Å². The number of amides is 1. The van der Waals surface area contributed by atoms with Crippen molar-refractivity contribution in [2.24, 2.45) is 0 Å². The molecule has 176 valence electrons. The van der Waals surface area contributed by atoms with Crippen molar-refractivity contribution in [3.8, 4) is 28.4 Å². The van der Waals surface area contributed by atoms with E-state index >= 15 is 0 Å². The van der Waals surface area contributed by atoms with Crippen LogP contribution in [-0.4, -0.2) is 59.3 Å². The van der Waals surface area contributed by atoms with E-state index in [9.17, 15) is 4.79 Å². The molecule has 1 aromatic heterocycles. The Morgan fingerprint density at radius 1 is 1.03 bits per heavy atom. The molecule has 0 fully saturated rings. The van der Waals surface area contributed by atoms with Gasteiger partial charge >= 0.3 is 0 Å². The number of fused-ring (bicyclic) bond motifs is 1. The van der Waals surface area contributed by atoms with Crippen molar-refractivity contribution < 1.29 is 23.4 Å². The van der Waals surface area contributed by atoms with E-state index < -0.39 is 0 Å². The molecule has 1 amide bonds. The predicted octanol–water partition coefficient (Wildman–Crippen LogP) is 4.60. The molecule has 1 heterocycles. The first-order valence-electron chi connectivity index (χ1n) is 10.8. The summed E-state index contributed by atoms with van der Waals surface area (Å²) in [6.45, 7) is 3.45. The van der Waals surface area contributed by atoms with Gasteiger partial charge in [0.1, 0.15) is 11.3 Å². The molecule has 0 unspecified atom stereocenters. The molecule has 7 heteroatoms. The van der Waals surface area contributed by atoms with E-state index in [1.807, 2.05) is 51.4 Å². The molecule has 2 aromatic carbocycles. The molecule has 0 radical (unpaired) electrons. The number of allylic oxidation sites excluding steroid dienone is 1. The van der Waals surface area contributed by atoms with Gasteiger partial charge in [-0.3, -0.25) is 4.79 Å². The lowest BCUT2D eigenvalue weighted by Crippen LogP contribution is -2.25. The van der Waals surface area contributed by atoms with Gasteiger partial charge in [-0.05, 0) is 63.3 Å². The number of ether oxygens (including phenoxy) is 3.